The van der Waals surface area contributed by atoms with Crippen LogP contribution in [0.4, 0.5) is 18.9 Å². The van der Waals surface area contributed by atoms with Gasteiger partial charge in [0.05, 0.1) is 23.5 Å². The lowest BCUT2D eigenvalue weighted by molar-refractivity contribution is -0.137. The SMILES string of the molecule is Cc1cccc(C(=O)NCc2nnc(SCC(=O)N3CCCc4ccccc43)n2-c2cccc(C(F)(F)F)c2)c1. The number of rotatable bonds is 7. The third kappa shape index (κ3) is 6.04. The first-order valence-electron chi connectivity index (χ1n) is 12.7. The van der Waals surface area contributed by atoms with Crippen LogP contribution in [0.1, 0.15) is 39.3 Å². The maximum absolute atomic E-state index is 13.5. The van der Waals surface area contributed by atoms with Crippen LogP contribution in [-0.2, 0) is 23.9 Å². The van der Waals surface area contributed by atoms with Crippen molar-refractivity contribution < 1.29 is 22.8 Å². The van der Waals surface area contributed by atoms with E-state index in [4.69, 9.17) is 0 Å². The molecule has 1 aromatic heterocycles. The van der Waals surface area contributed by atoms with Gasteiger partial charge in [0.25, 0.3) is 5.91 Å². The Morgan fingerprint density at radius 1 is 1.00 bits per heavy atom. The van der Waals surface area contributed by atoms with E-state index in [-0.39, 0.29) is 40.8 Å². The number of hydrogen-bond donors (Lipinski definition) is 1. The molecule has 0 fully saturated rings. The Labute approximate surface area is 233 Å². The summed E-state index contributed by atoms with van der Waals surface area (Å²) in [4.78, 5) is 27.7. The van der Waals surface area contributed by atoms with Crippen molar-refractivity contribution in [2.75, 3.05) is 17.2 Å². The molecule has 0 aliphatic carbocycles. The summed E-state index contributed by atoms with van der Waals surface area (Å²) in [6.07, 6.45) is -2.80. The Morgan fingerprint density at radius 3 is 2.60 bits per heavy atom. The number of aromatic nitrogens is 3. The molecule has 2 heterocycles. The van der Waals surface area contributed by atoms with Crippen LogP contribution in [0.5, 0.6) is 0 Å². The number of alkyl halides is 3. The first-order chi connectivity index (χ1) is 19.2. The monoisotopic (exact) mass is 565 g/mol. The first-order valence-corrected chi connectivity index (χ1v) is 13.7. The van der Waals surface area contributed by atoms with Gasteiger partial charge in [0.1, 0.15) is 0 Å². The van der Waals surface area contributed by atoms with Gasteiger partial charge in [-0.2, -0.15) is 13.2 Å². The molecule has 2 amide bonds. The Kier molecular flexibility index (Phi) is 7.92. The van der Waals surface area contributed by atoms with Crippen LogP contribution in [0.3, 0.4) is 0 Å². The average molecular weight is 566 g/mol. The number of amides is 2. The van der Waals surface area contributed by atoms with Gasteiger partial charge in [-0.05, 0) is 61.7 Å². The van der Waals surface area contributed by atoms with Gasteiger partial charge >= 0.3 is 6.18 Å². The first kappa shape index (κ1) is 27.4. The van der Waals surface area contributed by atoms with Crippen LogP contribution >= 0.6 is 11.8 Å². The molecular weight excluding hydrogens is 539 g/mol. The van der Waals surface area contributed by atoms with E-state index in [0.29, 0.717) is 12.1 Å². The number of nitrogens with zero attached hydrogens (tertiary/aromatic N) is 4. The minimum atomic E-state index is -4.55. The number of aryl methyl sites for hydroxylation is 2. The molecule has 1 N–H and O–H groups in total. The molecule has 0 radical (unpaired) electrons. The van der Waals surface area contributed by atoms with E-state index in [2.05, 4.69) is 15.5 Å². The molecule has 0 unspecified atom stereocenters. The highest BCUT2D eigenvalue weighted by molar-refractivity contribution is 7.99. The van der Waals surface area contributed by atoms with Crippen molar-refractivity contribution in [2.24, 2.45) is 0 Å². The zero-order valence-electron chi connectivity index (χ0n) is 21.6. The smallest absolute Gasteiger partial charge is 0.345 e. The molecule has 4 aromatic rings. The van der Waals surface area contributed by atoms with Crippen molar-refractivity contribution in [3.05, 3.63) is 101 Å². The second-order valence-electron chi connectivity index (χ2n) is 9.40. The molecule has 0 saturated heterocycles. The maximum atomic E-state index is 13.5. The van der Waals surface area contributed by atoms with E-state index in [1.165, 1.54) is 16.7 Å². The Bertz CT molecular complexity index is 1550. The number of carbonyl (C=O) groups excluding carboxylic acids is 2. The van der Waals surface area contributed by atoms with Crippen LogP contribution in [0.15, 0.2) is 78.0 Å². The molecule has 11 heteroatoms. The Balaban J connectivity index is 1.40. The molecule has 0 bridgehead atoms. The zero-order chi connectivity index (χ0) is 28.3. The van der Waals surface area contributed by atoms with E-state index in [9.17, 15) is 22.8 Å². The fraction of sp³-hybridized carbons (Fsp3) is 0.241. The topological polar surface area (TPSA) is 80.1 Å². The van der Waals surface area contributed by atoms with Gasteiger partial charge in [-0.1, -0.05) is 53.7 Å². The molecule has 206 valence electrons. The molecule has 5 rings (SSSR count). The second-order valence-corrected chi connectivity index (χ2v) is 10.3. The van der Waals surface area contributed by atoms with Gasteiger partial charge in [0, 0.05) is 17.8 Å². The third-order valence-electron chi connectivity index (χ3n) is 6.56. The minimum absolute atomic E-state index is 0.0150. The number of thioether (sulfide) groups is 1. The molecule has 0 saturated carbocycles. The van der Waals surface area contributed by atoms with Crippen molar-refractivity contribution in [3.8, 4) is 5.69 Å². The Morgan fingerprint density at radius 2 is 1.80 bits per heavy atom. The predicted octanol–water partition coefficient (Wildman–Crippen LogP) is 5.60. The molecule has 40 heavy (non-hydrogen) atoms. The molecule has 7 nitrogen and oxygen atoms in total. The number of nitrogens with one attached hydrogen (secondary N) is 1. The minimum Gasteiger partial charge on any atom is -0.345 e. The summed E-state index contributed by atoms with van der Waals surface area (Å²) in [7, 11) is 0. The largest absolute Gasteiger partial charge is 0.416 e. The van der Waals surface area contributed by atoms with Crippen LogP contribution < -0.4 is 10.2 Å². The highest BCUT2D eigenvalue weighted by Gasteiger charge is 2.31. The zero-order valence-corrected chi connectivity index (χ0v) is 22.4. The number of benzene rings is 3. The number of para-hydroxylation sites is 1. The quantitative estimate of drug-likeness (QED) is 0.295. The summed E-state index contributed by atoms with van der Waals surface area (Å²) in [6, 6.07) is 19.6. The lowest BCUT2D eigenvalue weighted by atomic mass is 10.0. The predicted molar refractivity (Wildman–Crippen MR) is 147 cm³/mol. The lowest BCUT2D eigenvalue weighted by Gasteiger charge is -2.29. The molecule has 3 aromatic carbocycles. The average Bonchev–Trinajstić information content (AvgIpc) is 3.36. The van der Waals surface area contributed by atoms with Crippen molar-refractivity contribution in [3.63, 3.8) is 0 Å². The molecular formula is C29H26F3N5O2S. The number of anilines is 1. The van der Waals surface area contributed by atoms with Crippen LogP contribution in [0.25, 0.3) is 5.69 Å². The summed E-state index contributed by atoms with van der Waals surface area (Å²) >= 11 is 1.09. The summed E-state index contributed by atoms with van der Waals surface area (Å²) in [6.45, 7) is 2.38. The van der Waals surface area contributed by atoms with E-state index >= 15 is 0 Å². The molecule has 0 atom stereocenters. The third-order valence-corrected chi connectivity index (χ3v) is 7.47. The lowest BCUT2D eigenvalue weighted by Crippen LogP contribution is -2.36. The number of hydrogen-bond acceptors (Lipinski definition) is 5. The fourth-order valence-electron chi connectivity index (χ4n) is 4.63. The van der Waals surface area contributed by atoms with Crippen LogP contribution in [0, 0.1) is 6.92 Å². The summed E-state index contributed by atoms with van der Waals surface area (Å²) in [5, 5.41) is 11.4. The number of halogens is 3. The van der Waals surface area contributed by atoms with Crippen molar-refractivity contribution in [1.29, 1.82) is 0 Å². The number of fused-ring (bicyclic) bond motifs is 1. The van der Waals surface area contributed by atoms with Gasteiger partial charge in [-0.25, -0.2) is 0 Å². The van der Waals surface area contributed by atoms with Gasteiger partial charge in [-0.3, -0.25) is 14.2 Å². The van der Waals surface area contributed by atoms with E-state index < -0.39 is 11.7 Å². The Hall–Kier alpha value is -4.12. The number of carbonyl (C=O) groups is 2. The van der Waals surface area contributed by atoms with Gasteiger partial charge in [-0.15, -0.1) is 10.2 Å². The van der Waals surface area contributed by atoms with E-state index in [1.807, 2.05) is 37.3 Å². The van der Waals surface area contributed by atoms with E-state index in [0.717, 1.165) is 53.6 Å². The van der Waals surface area contributed by atoms with Crippen molar-refractivity contribution in [2.45, 2.75) is 37.6 Å². The van der Waals surface area contributed by atoms with Crippen molar-refractivity contribution >= 4 is 29.3 Å². The maximum Gasteiger partial charge on any atom is 0.416 e. The normalized spacial score (nSPS) is 13.2. The summed E-state index contributed by atoms with van der Waals surface area (Å²) in [5.74, 6) is -0.236. The van der Waals surface area contributed by atoms with E-state index in [1.54, 1.807) is 23.1 Å². The van der Waals surface area contributed by atoms with Crippen molar-refractivity contribution in [1.82, 2.24) is 20.1 Å². The molecule has 1 aliphatic heterocycles. The molecule has 1 aliphatic rings. The van der Waals surface area contributed by atoms with Crippen LogP contribution in [0.2, 0.25) is 0 Å². The van der Waals surface area contributed by atoms with Gasteiger partial charge in [0.15, 0.2) is 11.0 Å². The highest BCUT2D eigenvalue weighted by Crippen LogP contribution is 2.32. The fourth-order valence-corrected chi connectivity index (χ4v) is 5.48. The van der Waals surface area contributed by atoms with Gasteiger partial charge < -0.3 is 10.2 Å². The standard InChI is InChI=1S/C29H26F3N5O2S/c1-19-7-4-9-21(15-19)27(39)33-17-25-34-35-28(37(25)23-12-5-11-22(16-23)29(30,31)32)40-18-26(38)36-14-6-10-20-8-2-3-13-24(20)36/h2-5,7-9,11-13,15-16H,6,10,14,17-18H2,1H3,(H,33,39). The summed E-state index contributed by atoms with van der Waals surface area (Å²) < 4.78 is 42.0. The second kappa shape index (κ2) is 11.5. The summed E-state index contributed by atoms with van der Waals surface area (Å²) in [5.41, 5.74) is 2.69. The van der Waals surface area contributed by atoms with Crippen LogP contribution in [-0.4, -0.2) is 38.9 Å². The highest BCUT2D eigenvalue weighted by atomic mass is 32.2. The molecule has 0 spiro atoms. The van der Waals surface area contributed by atoms with Gasteiger partial charge in [0.2, 0.25) is 5.91 Å².